The summed E-state index contributed by atoms with van der Waals surface area (Å²) in [6, 6.07) is 18.0. The van der Waals surface area contributed by atoms with Gasteiger partial charge in [-0.2, -0.15) is 0 Å². The fraction of sp³-hybridized carbons (Fsp3) is 0.368. The van der Waals surface area contributed by atoms with Crippen LogP contribution in [0.1, 0.15) is 49.4 Å². The van der Waals surface area contributed by atoms with Crippen LogP contribution in [-0.4, -0.2) is 12.8 Å². The molecule has 0 heterocycles. The molecule has 1 unspecified atom stereocenters. The Morgan fingerprint density at radius 1 is 0.952 bits per heavy atom. The minimum atomic E-state index is 0.264. The summed E-state index contributed by atoms with van der Waals surface area (Å²) in [4.78, 5) is 1.34. The average Bonchev–Trinajstić information content (AvgIpc) is 2.52. The van der Waals surface area contributed by atoms with Gasteiger partial charge in [-0.3, -0.25) is 0 Å². The summed E-state index contributed by atoms with van der Waals surface area (Å²) >= 11 is 1.81. The van der Waals surface area contributed by atoms with E-state index in [0.29, 0.717) is 5.92 Å². The molecule has 2 aromatic carbocycles. The molecule has 0 aliphatic heterocycles. The number of thioether (sulfide) groups is 1. The number of rotatable bonds is 6. The molecule has 112 valence electrons. The molecular formula is C19H25NS. The molecule has 0 aliphatic rings. The molecule has 2 heteroatoms. The first-order valence-corrected chi connectivity index (χ1v) is 8.86. The molecule has 1 N–H and O–H groups in total. The summed E-state index contributed by atoms with van der Waals surface area (Å²) in [5.74, 6) is 0.579. The van der Waals surface area contributed by atoms with Crippen molar-refractivity contribution in [3.05, 3.63) is 65.2 Å². The molecular weight excluding hydrogens is 274 g/mol. The topological polar surface area (TPSA) is 12.0 Å². The molecule has 0 aliphatic carbocycles. The van der Waals surface area contributed by atoms with Crippen molar-refractivity contribution in [2.45, 2.75) is 37.6 Å². The number of hydrogen-bond donors (Lipinski definition) is 1. The van der Waals surface area contributed by atoms with E-state index in [9.17, 15) is 0 Å². The molecule has 0 saturated carbocycles. The summed E-state index contributed by atoms with van der Waals surface area (Å²) in [7, 11) is 0. The van der Waals surface area contributed by atoms with E-state index in [1.165, 1.54) is 21.6 Å². The van der Waals surface area contributed by atoms with Gasteiger partial charge in [-0.25, -0.2) is 0 Å². The van der Waals surface area contributed by atoms with Gasteiger partial charge in [0.1, 0.15) is 0 Å². The summed E-state index contributed by atoms with van der Waals surface area (Å²) in [6.07, 6.45) is 2.14. The van der Waals surface area contributed by atoms with E-state index in [2.05, 4.69) is 80.9 Å². The van der Waals surface area contributed by atoms with E-state index in [4.69, 9.17) is 0 Å². The van der Waals surface area contributed by atoms with Gasteiger partial charge in [0, 0.05) is 4.90 Å². The van der Waals surface area contributed by atoms with Gasteiger partial charge in [0.05, 0.1) is 6.04 Å². The number of nitrogens with one attached hydrogen (secondary N) is 1. The van der Waals surface area contributed by atoms with Gasteiger partial charge in [-0.05, 0) is 41.5 Å². The van der Waals surface area contributed by atoms with Crippen LogP contribution in [0.15, 0.2) is 53.4 Å². The lowest BCUT2D eigenvalue weighted by Gasteiger charge is -2.22. The van der Waals surface area contributed by atoms with Gasteiger partial charge >= 0.3 is 0 Å². The number of benzene rings is 2. The van der Waals surface area contributed by atoms with Crippen LogP contribution in [0.25, 0.3) is 0 Å². The highest BCUT2D eigenvalue weighted by atomic mass is 32.2. The van der Waals surface area contributed by atoms with E-state index < -0.39 is 0 Å². The molecule has 0 spiro atoms. The Hall–Kier alpha value is -1.25. The second-order valence-electron chi connectivity index (χ2n) is 5.55. The van der Waals surface area contributed by atoms with E-state index in [-0.39, 0.29) is 6.04 Å². The first-order chi connectivity index (χ1) is 10.2. The molecule has 0 radical (unpaired) electrons. The van der Waals surface area contributed by atoms with Crippen molar-refractivity contribution >= 4 is 11.8 Å². The van der Waals surface area contributed by atoms with Gasteiger partial charge in [0.2, 0.25) is 0 Å². The fourth-order valence-corrected chi connectivity index (χ4v) is 3.23. The summed E-state index contributed by atoms with van der Waals surface area (Å²) in [6.45, 7) is 7.59. The third kappa shape index (κ3) is 3.90. The fourth-order valence-electron chi connectivity index (χ4n) is 2.59. The predicted molar refractivity (Wildman–Crippen MR) is 94.3 cm³/mol. The van der Waals surface area contributed by atoms with Crippen molar-refractivity contribution < 1.29 is 0 Å². The zero-order valence-electron chi connectivity index (χ0n) is 13.4. The highest BCUT2D eigenvalue weighted by Gasteiger charge is 2.16. The van der Waals surface area contributed by atoms with E-state index in [0.717, 1.165) is 6.54 Å². The molecule has 1 atom stereocenters. The van der Waals surface area contributed by atoms with Crippen LogP contribution in [0.2, 0.25) is 0 Å². The van der Waals surface area contributed by atoms with Crippen molar-refractivity contribution in [3.63, 3.8) is 0 Å². The first-order valence-electron chi connectivity index (χ1n) is 7.63. The Balaban J connectivity index is 2.38. The SMILES string of the molecule is CCNC(c1ccc(C(C)C)cc1)c1ccccc1SC. The van der Waals surface area contributed by atoms with Crippen LogP contribution in [-0.2, 0) is 0 Å². The average molecular weight is 299 g/mol. The Kier molecular flexibility index (Phi) is 5.89. The summed E-state index contributed by atoms with van der Waals surface area (Å²) in [5.41, 5.74) is 4.10. The van der Waals surface area contributed by atoms with E-state index in [1.54, 1.807) is 0 Å². The lowest BCUT2D eigenvalue weighted by atomic mass is 9.95. The van der Waals surface area contributed by atoms with Crippen molar-refractivity contribution in [2.75, 3.05) is 12.8 Å². The van der Waals surface area contributed by atoms with Crippen LogP contribution in [0, 0.1) is 0 Å². The maximum Gasteiger partial charge on any atom is 0.0587 e. The molecule has 0 fully saturated rings. The van der Waals surface area contributed by atoms with Crippen molar-refractivity contribution in [3.8, 4) is 0 Å². The Morgan fingerprint density at radius 2 is 1.57 bits per heavy atom. The van der Waals surface area contributed by atoms with E-state index in [1.807, 2.05) is 11.8 Å². The Morgan fingerprint density at radius 3 is 2.14 bits per heavy atom. The Bertz CT molecular complexity index is 560. The molecule has 1 nitrogen and oxygen atoms in total. The minimum Gasteiger partial charge on any atom is -0.306 e. The third-order valence-electron chi connectivity index (χ3n) is 3.79. The third-order valence-corrected chi connectivity index (χ3v) is 4.61. The van der Waals surface area contributed by atoms with Crippen LogP contribution < -0.4 is 5.32 Å². The molecule has 21 heavy (non-hydrogen) atoms. The quantitative estimate of drug-likeness (QED) is 0.733. The van der Waals surface area contributed by atoms with Gasteiger partial charge in [-0.1, -0.05) is 63.2 Å². The van der Waals surface area contributed by atoms with Crippen LogP contribution in [0.5, 0.6) is 0 Å². The van der Waals surface area contributed by atoms with Gasteiger partial charge in [-0.15, -0.1) is 11.8 Å². The van der Waals surface area contributed by atoms with Gasteiger partial charge in [0.25, 0.3) is 0 Å². The molecule has 0 amide bonds. The van der Waals surface area contributed by atoms with Crippen LogP contribution in [0.3, 0.4) is 0 Å². The van der Waals surface area contributed by atoms with Gasteiger partial charge in [0.15, 0.2) is 0 Å². The lowest BCUT2D eigenvalue weighted by molar-refractivity contribution is 0.622. The van der Waals surface area contributed by atoms with Crippen molar-refractivity contribution in [1.29, 1.82) is 0 Å². The Labute approximate surface area is 133 Å². The van der Waals surface area contributed by atoms with Crippen molar-refractivity contribution in [1.82, 2.24) is 5.32 Å². The van der Waals surface area contributed by atoms with Crippen LogP contribution in [0.4, 0.5) is 0 Å². The maximum atomic E-state index is 3.63. The molecule has 2 aromatic rings. The molecule has 0 aromatic heterocycles. The largest absolute Gasteiger partial charge is 0.306 e. The number of hydrogen-bond acceptors (Lipinski definition) is 2. The first kappa shape index (κ1) is 16.1. The zero-order chi connectivity index (χ0) is 15.2. The van der Waals surface area contributed by atoms with Crippen molar-refractivity contribution in [2.24, 2.45) is 0 Å². The second-order valence-corrected chi connectivity index (χ2v) is 6.40. The molecule has 2 rings (SSSR count). The van der Waals surface area contributed by atoms with Gasteiger partial charge < -0.3 is 5.32 Å². The molecule has 0 saturated heterocycles. The second kappa shape index (κ2) is 7.67. The monoisotopic (exact) mass is 299 g/mol. The summed E-state index contributed by atoms with van der Waals surface area (Å²) in [5, 5.41) is 3.63. The molecule has 0 bridgehead atoms. The van der Waals surface area contributed by atoms with Crippen LogP contribution >= 0.6 is 11.8 Å². The summed E-state index contributed by atoms with van der Waals surface area (Å²) < 4.78 is 0. The van der Waals surface area contributed by atoms with E-state index >= 15 is 0 Å². The lowest BCUT2D eigenvalue weighted by Crippen LogP contribution is -2.22. The minimum absolute atomic E-state index is 0.264. The highest BCUT2D eigenvalue weighted by Crippen LogP contribution is 2.30. The standard InChI is InChI=1S/C19H25NS/c1-5-20-19(17-8-6-7-9-18(17)21-4)16-12-10-15(11-13-16)14(2)3/h6-14,19-20H,5H2,1-4H3. The normalized spacial score (nSPS) is 12.6. The smallest absolute Gasteiger partial charge is 0.0587 e. The highest BCUT2D eigenvalue weighted by molar-refractivity contribution is 7.98. The zero-order valence-corrected chi connectivity index (χ0v) is 14.2. The maximum absolute atomic E-state index is 3.63. The predicted octanol–water partition coefficient (Wildman–Crippen LogP) is 5.23.